The van der Waals surface area contributed by atoms with Crippen molar-refractivity contribution in [3.05, 3.63) is 90.1 Å². The number of aliphatic hydroxyl groups is 2. The van der Waals surface area contributed by atoms with Gasteiger partial charge < -0.3 is 35.3 Å². The molecule has 4 aromatic rings. The third kappa shape index (κ3) is 9.38. The molecule has 7 atom stereocenters. The molecule has 17 heteroatoms. The monoisotopic (exact) mass is 753 g/mol. The number of carbonyl (C=O) groups excluding carboxylic acids is 1. The lowest BCUT2D eigenvalue weighted by Gasteiger charge is -2.25. The van der Waals surface area contributed by atoms with Gasteiger partial charge in [0.15, 0.2) is 5.82 Å². The molecule has 1 fully saturated rings. The first-order chi connectivity index (χ1) is 25.4. The summed E-state index contributed by atoms with van der Waals surface area (Å²) in [7, 11) is -4.38. The largest absolute Gasteiger partial charge is 0.464 e. The average molecular weight is 754 g/mol. The summed E-state index contributed by atoms with van der Waals surface area (Å²) in [5.41, 5.74) is 5.54. The minimum atomic E-state index is -4.38. The molecule has 0 aliphatic carbocycles. The van der Waals surface area contributed by atoms with Gasteiger partial charge in [0, 0.05) is 12.6 Å². The molecule has 5 rings (SSSR count). The van der Waals surface area contributed by atoms with Crippen LogP contribution in [0.1, 0.15) is 44.9 Å². The predicted octanol–water partition coefficient (Wildman–Crippen LogP) is 3.85. The molecule has 0 spiro atoms. The SMILES string of the molecule is CCC(CC)COC(=O)[C@H](C)NP(=O)(OC[C@H]1O[C@@](C#N)(c2ccc3c(NCC(N)Cc4ccc(F)cc4)ncnn23)[C@H](O)[C@@H]1O)Oc1ccccc1. The van der Waals surface area contributed by atoms with E-state index in [9.17, 15) is 29.2 Å². The van der Waals surface area contributed by atoms with Crippen LogP contribution in [0.2, 0.25) is 0 Å². The average Bonchev–Trinajstić information content (AvgIpc) is 3.70. The van der Waals surface area contributed by atoms with E-state index in [-0.39, 0.29) is 35.8 Å². The van der Waals surface area contributed by atoms with Gasteiger partial charge in [-0.3, -0.25) is 9.32 Å². The minimum Gasteiger partial charge on any atom is -0.464 e. The van der Waals surface area contributed by atoms with Gasteiger partial charge in [0.2, 0.25) is 5.60 Å². The van der Waals surface area contributed by atoms with Crippen LogP contribution in [0.3, 0.4) is 0 Å². The second-order valence-electron chi connectivity index (χ2n) is 12.9. The van der Waals surface area contributed by atoms with Gasteiger partial charge in [-0.25, -0.2) is 18.5 Å². The number of aliphatic hydroxyl groups excluding tert-OH is 2. The molecule has 15 nitrogen and oxygen atoms in total. The molecule has 2 unspecified atom stereocenters. The van der Waals surface area contributed by atoms with Gasteiger partial charge in [0.1, 0.15) is 53.8 Å². The number of anilines is 1. The van der Waals surface area contributed by atoms with Crippen LogP contribution in [0.15, 0.2) is 73.1 Å². The number of nitrogens with two attached hydrogens (primary N) is 1. The predicted molar refractivity (Wildman–Crippen MR) is 192 cm³/mol. The molecule has 6 N–H and O–H groups in total. The maximum atomic E-state index is 14.1. The van der Waals surface area contributed by atoms with E-state index in [1.165, 1.54) is 36.0 Å². The van der Waals surface area contributed by atoms with E-state index in [2.05, 4.69) is 20.5 Å². The first kappa shape index (κ1) is 39.7. The Morgan fingerprint density at radius 3 is 2.55 bits per heavy atom. The molecule has 1 aliphatic rings. The number of ether oxygens (including phenoxy) is 2. The molecular weight excluding hydrogens is 708 g/mol. The Kier molecular flexibility index (Phi) is 13.2. The van der Waals surface area contributed by atoms with Crippen LogP contribution in [0, 0.1) is 23.1 Å². The van der Waals surface area contributed by atoms with Crippen LogP contribution in [0.5, 0.6) is 5.75 Å². The van der Waals surface area contributed by atoms with Crippen LogP contribution in [0.25, 0.3) is 5.52 Å². The number of nitrogens with zero attached hydrogens (tertiary/aromatic N) is 4. The van der Waals surface area contributed by atoms with Crippen molar-refractivity contribution in [2.45, 2.75) is 76.0 Å². The number of carbonyl (C=O) groups is 1. The normalized spacial score (nSPS) is 22.2. The number of aromatic nitrogens is 3. The highest BCUT2D eigenvalue weighted by Crippen LogP contribution is 2.47. The molecule has 2 aromatic heterocycles. The molecule has 53 heavy (non-hydrogen) atoms. The Labute approximate surface area is 306 Å². The summed E-state index contributed by atoms with van der Waals surface area (Å²) in [6.45, 7) is 5.31. The number of para-hydroxylation sites is 1. The van der Waals surface area contributed by atoms with Gasteiger partial charge in [-0.2, -0.15) is 15.4 Å². The number of halogens is 1. The Morgan fingerprint density at radius 1 is 1.15 bits per heavy atom. The number of hydrogen-bond acceptors (Lipinski definition) is 13. The molecule has 2 aromatic carbocycles. The summed E-state index contributed by atoms with van der Waals surface area (Å²) >= 11 is 0. The highest BCUT2D eigenvalue weighted by Gasteiger charge is 2.58. The van der Waals surface area contributed by atoms with E-state index in [0.717, 1.165) is 18.4 Å². The van der Waals surface area contributed by atoms with E-state index >= 15 is 0 Å². The van der Waals surface area contributed by atoms with Gasteiger partial charge in [-0.05, 0) is 61.2 Å². The second kappa shape index (κ2) is 17.6. The van der Waals surface area contributed by atoms with Crippen LogP contribution in [-0.2, 0) is 35.4 Å². The fourth-order valence-electron chi connectivity index (χ4n) is 5.91. The molecule has 3 heterocycles. The molecule has 0 amide bonds. The quantitative estimate of drug-likeness (QED) is 0.0721. The summed E-state index contributed by atoms with van der Waals surface area (Å²) in [6, 6.07) is 17.8. The fourth-order valence-corrected chi connectivity index (χ4v) is 7.41. The smallest absolute Gasteiger partial charge is 0.459 e. The summed E-state index contributed by atoms with van der Waals surface area (Å²) in [4.78, 5) is 17.1. The van der Waals surface area contributed by atoms with Crippen molar-refractivity contribution in [1.82, 2.24) is 19.7 Å². The van der Waals surface area contributed by atoms with Crippen molar-refractivity contribution in [3.8, 4) is 11.8 Å². The van der Waals surface area contributed by atoms with Crippen molar-refractivity contribution in [2.24, 2.45) is 11.7 Å². The Hall–Kier alpha value is -4.46. The lowest BCUT2D eigenvalue weighted by atomic mass is 9.92. The van der Waals surface area contributed by atoms with Crippen molar-refractivity contribution < 1.29 is 42.5 Å². The summed E-state index contributed by atoms with van der Waals surface area (Å²) in [5, 5.41) is 42.9. The molecule has 1 saturated heterocycles. The zero-order valence-corrected chi connectivity index (χ0v) is 30.6. The third-order valence-corrected chi connectivity index (χ3v) is 10.7. The number of fused-ring (bicyclic) bond motifs is 1. The Morgan fingerprint density at radius 2 is 1.87 bits per heavy atom. The highest BCUT2D eigenvalue weighted by molar-refractivity contribution is 7.52. The number of nitriles is 1. The van der Waals surface area contributed by atoms with Crippen LogP contribution in [0.4, 0.5) is 10.2 Å². The van der Waals surface area contributed by atoms with E-state index in [1.54, 1.807) is 48.5 Å². The van der Waals surface area contributed by atoms with Crippen molar-refractivity contribution in [2.75, 3.05) is 25.1 Å². The summed E-state index contributed by atoms with van der Waals surface area (Å²) in [6.07, 6.45) is -1.50. The number of hydrogen-bond donors (Lipinski definition) is 5. The van der Waals surface area contributed by atoms with Crippen molar-refractivity contribution in [1.29, 1.82) is 5.26 Å². The zero-order chi connectivity index (χ0) is 38.2. The van der Waals surface area contributed by atoms with Crippen molar-refractivity contribution in [3.63, 3.8) is 0 Å². The summed E-state index contributed by atoms with van der Waals surface area (Å²) in [5.74, 6) is -0.290. The molecule has 0 bridgehead atoms. The maximum Gasteiger partial charge on any atom is 0.459 e. The van der Waals surface area contributed by atoms with Crippen LogP contribution >= 0.6 is 7.75 Å². The topological polar surface area (TPSA) is 216 Å². The number of benzene rings is 2. The first-order valence-electron chi connectivity index (χ1n) is 17.4. The Bertz CT molecular complexity index is 1910. The van der Waals surface area contributed by atoms with Crippen LogP contribution in [-0.4, -0.2) is 80.9 Å². The van der Waals surface area contributed by atoms with Gasteiger partial charge >= 0.3 is 13.7 Å². The third-order valence-electron chi connectivity index (χ3n) is 9.10. The standard InChI is InChI=1S/C36H45FN7O8P/c1-4-24(5-2)19-49-35(47)23(3)43-53(48,52-28-9-7-6-8-10-28)50-20-30-32(45)33(46)36(21-38,51-30)31-16-15-29-34(41-22-42-44(29)31)40-18-27(39)17-25-11-13-26(37)14-12-25/h6-16,22-24,27,30,32-33,45-46H,4-5,17-20,39H2,1-3H3,(H,43,48)(H,40,41,42)/t23-,27?,30+,32+,33+,36-,53?/m0/s1. The molecular formula is C36H45FN7O8P. The molecule has 0 radical (unpaired) electrons. The number of nitrogens with one attached hydrogen (secondary N) is 2. The summed E-state index contributed by atoms with van der Waals surface area (Å²) < 4.78 is 51.7. The molecule has 284 valence electrons. The van der Waals surface area contributed by atoms with E-state index in [0.29, 0.717) is 24.3 Å². The van der Waals surface area contributed by atoms with Gasteiger partial charge in [0.25, 0.3) is 0 Å². The van der Waals surface area contributed by atoms with Gasteiger partial charge in [0.05, 0.1) is 18.9 Å². The van der Waals surface area contributed by atoms with Crippen LogP contribution < -0.4 is 20.7 Å². The lowest BCUT2D eigenvalue weighted by Crippen LogP contribution is -2.41. The number of esters is 1. The van der Waals surface area contributed by atoms with Gasteiger partial charge in [-0.15, -0.1) is 0 Å². The van der Waals surface area contributed by atoms with E-state index in [4.69, 9.17) is 24.3 Å². The molecule has 0 saturated carbocycles. The number of rotatable bonds is 18. The lowest BCUT2D eigenvalue weighted by molar-refractivity contribution is -0.146. The second-order valence-corrected chi connectivity index (χ2v) is 14.6. The first-order valence-corrected chi connectivity index (χ1v) is 18.9. The Balaban J connectivity index is 1.31. The van der Waals surface area contributed by atoms with Crippen molar-refractivity contribution >= 4 is 25.1 Å². The minimum absolute atomic E-state index is 0.0841. The van der Waals surface area contributed by atoms with Gasteiger partial charge in [-0.1, -0.05) is 57.0 Å². The van der Waals surface area contributed by atoms with E-state index < -0.39 is 50.3 Å². The van der Waals surface area contributed by atoms with E-state index in [1.807, 2.05) is 19.9 Å². The highest BCUT2D eigenvalue weighted by atomic mass is 31.2. The fraction of sp³-hybridized carbons (Fsp3) is 0.444. The maximum absolute atomic E-state index is 14.1. The molecule has 1 aliphatic heterocycles. The zero-order valence-electron chi connectivity index (χ0n) is 29.7.